The number of para-hydroxylation sites is 2. The minimum absolute atomic E-state index is 0.0151. The molecule has 3 rings (SSSR count). The molecular formula is C15H12BrNO2. The number of hydrogen-bond acceptors (Lipinski definition) is 2. The molecule has 0 fully saturated rings. The number of rotatable bonds is 2. The summed E-state index contributed by atoms with van der Waals surface area (Å²) in [5, 5.41) is 0. The van der Waals surface area contributed by atoms with Crippen molar-refractivity contribution in [2.45, 2.75) is 6.54 Å². The molecule has 0 radical (unpaired) electrons. The monoisotopic (exact) mass is 317 g/mol. The molecule has 1 aliphatic rings. The van der Waals surface area contributed by atoms with Gasteiger partial charge in [-0.25, -0.2) is 0 Å². The van der Waals surface area contributed by atoms with Gasteiger partial charge >= 0.3 is 0 Å². The van der Waals surface area contributed by atoms with Crippen molar-refractivity contribution in [2.75, 3.05) is 11.5 Å². The molecule has 19 heavy (non-hydrogen) atoms. The molecule has 0 saturated heterocycles. The summed E-state index contributed by atoms with van der Waals surface area (Å²) in [5.41, 5.74) is 1.91. The zero-order chi connectivity index (χ0) is 13.2. The first kappa shape index (κ1) is 12.2. The van der Waals surface area contributed by atoms with E-state index in [9.17, 15) is 4.79 Å². The van der Waals surface area contributed by atoms with Gasteiger partial charge in [0.15, 0.2) is 6.61 Å². The van der Waals surface area contributed by atoms with E-state index >= 15 is 0 Å². The first-order valence-corrected chi connectivity index (χ1v) is 6.80. The van der Waals surface area contributed by atoms with Gasteiger partial charge in [-0.2, -0.15) is 0 Å². The third-order valence-electron chi connectivity index (χ3n) is 3.04. The third-order valence-corrected chi connectivity index (χ3v) is 3.53. The van der Waals surface area contributed by atoms with E-state index in [1.807, 2.05) is 48.5 Å². The summed E-state index contributed by atoms with van der Waals surface area (Å²) >= 11 is 3.45. The van der Waals surface area contributed by atoms with Crippen molar-refractivity contribution in [3.63, 3.8) is 0 Å². The molecule has 96 valence electrons. The number of amides is 1. The Hall–Kier alpha value is -1.81. The lowest BCUT2D eigenvalue weighted by Gasteiger charge is -2.29. The molecule has 0 bridgehead atoms. The molecule has 0 aromatic heterocycles. The maximum Gasteiger partial charge on any atom is 0.265 e. The van der Waals surface area contributed by atoms with Crippen molar-refractivity contribution >= 4 is 27.5 Å². The molecule has 2 aromatic rings. The fraction of sp³-hybridized carbons (Fsp3) is 0.133. The van der Waals surface area contributed by atoms with E-state index in [2.05, 4.69) is 15.9 Å². The van der Waals surface area contributed by atoms with Gasteiger partial charge in [-0.3, -0.25) is 4.79 Å². The number of ether oxygens (including phenoxy) is 1. The van der Waals surface area contributed by atoms with Crippen LogP contribution >= 0.6 is 15.9 Å². The minimum atomic E-state index is -0.0151. The fourth-order valence-electron chi connectivity index (χ4n) is 2.15. The summed E-state index contributed by atoms with van der Waals surface area (Å²) in [6.45, 7) is 0.656. The number of anilines is 1. The van der Waals surface area contributed by atoms with Crippen LogP contribution in [-0.4, -0.2) is 12.5 Å². The van der Waals surface area contributed by atoms with Crippen LogP contribution in [0.15, 0.2) is 53.0 Å². The maximum absolute atomic E-state index is 12.0. The molecule has 0 N–H and O–H groups in total. The molecule has 0 saturated carbocycles. The van der Waals surface area contributed by atoms with Crippen LogP contribution in [0.4, 0.5) is 5.69 Å². The van der Waals surface area contributed by atoms with E-state index in [4.69, 9.17) is 4.74 Å². The van der Waals surface area contributed by atoms with Crippen LogP contribution in [0.5, 0.6) is 5.75 Å². The largest absolute Gasteiger partial charge is 0.482 e. The highest BCUT2D eigenvalue weighted by atomic mass is 79.9. The Morgan fingerprint density at radius 2 is 2.00 bits per heavy atom. The molecule has 0 unspecified atom stereocenters. The van der Waals surface area contributed by atoms with Crippen LogP contribution in [0.1, 0.15) is 5.56 Å². The molecule has 1 heterocycles. The van der Waals surface area contributed by atoms with E-state index in [0.717, 1.165) is 21.5 Å². The molecule has 0 spiro atoms. The molecule has 0 atom stereocenters. The smallest absolute Gasteiger partial charge is 0.265 e. The SMILES string of the molecule is O=C1COc2ccccc2N1Cc1cccc(Br)c1. The van der Waals surface area contributed by atoms with Crippen LogP contribution in [-0.2, 0) is 11.3 Å². The Labute approximate surface area is 119 Å². The van der Waals surface area contributed by atoms with Crippen LogP contribution < -0.4 is 9.64 Å². The average molecular weight is 318 g/mol. The number of fused-ring (bicyclic) bond motifs is 1. The van der Waals surface area contributed by atoms with E-state index in [1.165, 1.54) is 0 Å². The van der Waals surface area contributed by atoms with Gasteiger partial charge in [0, 0.05) is 4.47 Å². The highest BCUT2D eigenvalue weighted by molar-refractivity contribution is 9.10. The summed E-state index contributed by atoms with van der Waals surface area (Å²) in [6.07, 6.45) is 0. The molecule has 1 aliphatic heterocycles. The molecule has 1 amide bonds. The first-order valence-electron chi connectivity index (χ1n) is 6.01. The van der Waals surface area contributed by atoms with Crippen molar-refractivity contribution in [2.24, 2.45) is 0 Å². The zero-order valence-electron chi connectivity index (χ0n) is 10.2. The standard InChI is InChI=1S/C15H12BrNO2/c16-12-5-3-4-11(8-12)9-17-13-6-1-2-7-14(13)19-10-15(17)18/h1-8H,9-10H2. The number of nitrogens with zero attached hydrogens (tertiary/aromatic N) is 1. The highest BCUT2D eigenvalue weighted by Crippen LogP contribution is 2.32. The summed E-state index contributed by atoms with van der Waals surface area (Å²) in [5.74, 6) is 0.746. The quantitative estimate of drug-likeness (QED) is 0.850. The second kappa shape index (κ2) is 5.05. The van der Waals surface area contributed by atoms with Gasteiger partial charge < -0.3 is 9.64 Å². The molecule has 0 aliphatic carbocycles. The summed E-state index contributed by atoms with van der Waals surface area (Å²) in [6, 6.07) is 15.6. The first-order chi connectivity index (χ1) is 9.24. The fourth-order valence-corrected chi connectivity index (χ4v) is 2.59. The maximum atomic E-state index is 12.0. The summed E-state index contributed by atoms with van der Waals surface area (Å²) < 4.78 is 6.44. The van der Waals surface area contributed by atoms with Gasteiger partial charge in [0.1, 0.15) is 5.75 Å². The van der Waals surface area contributed by atoms with Crippen LogP contribution in [0.3, 0.4) is 0 Å². The van der Waals surface area contributed by atoms with E-state index in [0.29, 0.717) is 6.54 Å². The predicted molar refractivity (Wildman–Crippen MR) is 77.3 cm³/mol. The molecule has 2 aromatic carbocycles. The lowest BCUT2D eigenvalue weighted by molar-refractivity contribution is -0.121. The van der Waals surface area contributed by atoms with E-state index in [1.54, 1.807) is 4.90 Å². The van der Waals surface area contributed by atoms with Crippen LogP contribution in [0.25, 0.3) is 0 Å². The van der Waals surface area contributed by atoms with Gasteiger partial charge in [-0.1, -0.05) is 40.2 Å². The van der Waals surface area contributed by atoms with Gasteiger partial charge in [-0.15, -0.1) is 0 Å². The number of halogens is 1. The van der Waals surface area contributed by atoms with E-state index in [-0.39, 0.29) is 12.5 Å². The van der Waals surface area contributed by atoms with Gasteiger partial charge in [-0.05, 0) is 29.8 Å². The van der Waals surface area contributed by atoms with Crippen molar-refractivity contribution in [1.82, 2.24) is 0 Å². The lowest BCUT2D eigenvalue weighted by atomic mass is 10.1. The zero-order valence-corrected chi connectivity index (χ0v) is 11.8. The van der Waals surface area contributed by atoms with Crippen LogP contribution in [0.2, 0.25) is 0 Å². The van der Waals surface area contributed by atoms with Crippen molar-refractivity contribution in [3.05, 3.63) is 58.6 Å². The predicted octanol–water partition coefficient (Wildman–Crippen LogP) is 3.37. The van der Waals surface area contributed by atoms with Gasteiger partial charge in [0.05, 0.1) is 12.2 Å². The second-order valence-electron chi connectivity index (χ2n) is 4.37. The summed E-state index contributed by atoms with van der Waals surface area (Å²) in [4.78, 5) is 13.8. The Kier molecular flexibility index (Phi) is 3.25. The third kappa shape index (κ3) is 2.49. The molecule has 4 heteroatoms. The Morgan fingerprint density at radius 3 is 2.84 bits per heavy atom. The van der Waals surface area contributed by atoms with Gasteiger partial charge in [0.25, 0.3) is 5.91 Å². The number of hydrogen-bond donors (Lipinski definition) is 0. The topological polar surface area (TPSA) is 29.5 Å². The molecule has 3 nitrogen and oxygen atoms in total. The van der Waals surface area contributed by atoms with Gasteiger partial charge in [0.2, 0.25) is 0 Å². The van der Waals surface area contributed by atoms with Crippen LogP contribution in [0, 0.1) is 0 Å². The minimum Gasteiger partial charge on any atom is -0.482 e. The Balaban J connectivity index is 1.94. The normalized spacial score (nSPS) is 13.9. The average Bonchev–Trinajstić information content (AvgIpc) is 2.42. The Morgan fingerprint density at radius 1 is 1.16 bits per heavy atom. The number of carbonyl (C=O) groups is 1. The highest BCUT2D eigenvalue weighted by Gasteiger charge is 2.24. The number of benzene rings is 2. The van der Waals surface area contributed by atoms with Crippen molar-refractivity contribution in [3.8, 4) is 5.75 Å². The van der Waals surface area contributed by atoms with Crippen molar-refractivity contribution < 1.29 is 9.53 Å². The Bertz CT molecular complexity index is 627. The second-order valence-corrected chi connectivity index (χ2v) is 5.28. The lowest BCUT2D eigenvalue weighted by Crippen LogP contribution is -2.38. The molecular weight excluding hydrogens is 306 g/mol. The number of carbonyl (C=O) groups excluding carboxylic acids is 1. The summed E-state index contributed by atoms with van der Waals surface area (Å²) in [7, 11) is 0. The van der Waals surface area contributed by atoms with E-state index < -0.39 is 0 Å². The van der Waals surface area contributed by atoms with Crippen molar-refractivity contribution in [1.29, 1.82) is 0 Å².